The van der Waals surface area contributed by atoms with Crippen LogP contribution in [0.5, 0.6) is 5.75 Å². The van der Waals surface area contributed by atoms with Gasteiger partial charge in [0.25, 0.3) is 5.91 Å². The van der Waals surface area contributed by atoms with E-state index in [1.54, 1.807) is 24.9 Å². The summed E-state index contributed by atoms with van der Waals surface area (Å²) in [6.07, 6.45) is 3.07. The highest BCUT2D eigenvalue weighted by Gasteiger charge is 2.25. The summed E-state index contributed by atoms with van der Waals surface area (Å²) in [5, 5.41) is 10.3. The lowest BCUT2D eigenvalue weighted by atomic mass is 10.1. The fraction of sp³-hybridized carbons (Fsp3) is 0.440. The molecular formula is C25H32ClF2N7O3. The van der Waals surface area contributed by atoms with Crippen LogP contribution < -0.4 is 15.4 Å². The fourth-order valence-electron chi connectivity index (χ4n) is 4.16. The second-order valence-electron chi connectivity index (χ2n) is 8.40. The molecule has 206 valence electrons. The van der Waals surface area contributed by atoms with Gasteiger partial charge in [0.2, 0.25) is 5.91 Å². The van der Waals surface area contributed by atoms with Gasteiger partial charge in [-0.05, 0) is 31.7 Å². The second-order valence-corrected chi connectivity index (χ2v) is 8.84. The molecule has 1 aromatic heterocycles. The van der Waals surface area contributed by atoms with Gasteiger partial charge >= 0.3 is 6.61 Å². The number of allylic oxidation sites excluding steroid dienone is 1. The summed E-state index contributed by atoms with van der Waals surface area (Å²) in [5.74, 6) is -0.481. The van der Waals surface area contributed by atoms with E-state index in [1.807, 2.05) is 0 Å². The van der Waals surface area contributed by atoms with Crippen molar-refractivity contribution in [2.24, 2.45) is 4.99 Å². The van der Waals surface area contributed by atoms with Crippen molar-refractivity contribution in [2.45, 2.75) is 27.0 Å². The molecule has 2 amide bonds. The predicted octanol–water partition coefficient (Wildman–Crippen LogP) is 3.10. The SMILES string of the molecule is C/C=C(/C(=O)Nc1cn(CC(=O)N2CCN(CC)CC2)nc1-c1cc(Cl)ccc1OC(F)F)C(=NC)NC. The smallest absolute Gasteiger partial charge is 0.387 e. The zero-order valence-corrected chi connectivity index (χ0v) is 22.6. The number of piperazine rings is 1. The number of alkyl halides is 2. The number of carbonyl (C=O) groups is 2. The average Bonchev–Trinajstić information content (AvgIpc) is 3.29. The van der Waals surface area contributed by atoms with Crippen LogP contribution >= 0.6 is 11.6 Å². The molecule has 3 rings (SSSR count). The zero-order chi connectivity index (χ0) is 27.8. The first-order valence-corrected chi connectivity index (χ1v) is 12.5. The number of aromatic nitrogens is 2. The molecular weight excluding hydrogens is 520 g/mol. The van der Waals surface area contributed by atoms with Crippen molar-refractivity contribution in [3.8, 4) is 17.0 Å². The summed E-state index contributed by atoms with van der Waals surface area (Å²) in [4.78, 5) is 34.2. The number of amides is 2. The fourth-order valence-corrected chi connectivity index (χ4v) is 4.33. The minimum Gasteiger partial charge on any atom is -0.434 e. The Morgan fingerprint density at radius 2 is 1.97 bits per heavy atom. The molecule has 0 radical (unpaired) electrons. The zero-order valence-electron chi connectivity index (χ0n) is 21.8. The summed E-state index contributed by atoms with van der Waals surface area (Å²) in [7, 11) is 3.17. The van der Waals surface area contributed by atoms with E-state index >= 15 is 0 Å². The number of ether oxygens (including phenoxy) is 1. The Morgan fingerprint density at radius 3 is 2.55 bits per heavy atom. The third-order valence-electron chi connectivity index (χ3n) is 6.14. The van der Waals surface area contributed by atoms with E-state index < -0.39 is 12.5 Å². The number of aliphatic imine (C=N–C) groups is 1. The maximum absolute atomic E-state index is 13.2. The maximum atomic E-state index is 13.2. The summed E-state index contributed by atoms with van der Waals surface area (Å²) >= 11 is 6.17. The minimum atomic E-state index is -3.09. The number of hydrogen-bond acceptors (Lipinski definition) is 6. The Bertz CT molecular complexity index is 1210. The highest BCUT2D eigenvalue weighted by Crippen LogP contribution is 2.37. The van der Waals surface area contributed by atoms with Crippen LogP contribution in [0.15, 0.2) is 41.0 Å². The number of amidine groups is 1. The number of benzene rings is 1. The monoisotopic (exact) mass is 551 g/mol. The minimum absolute atomic E-state index is 0.102. The number of carbonyl (C=O) groups excluding carboxylic acids is 2. The molecule has 1 aliphatic heterocycles. The number of rotatable bonds is 9. The first kappa shape index (κ1) is 29.1. The molecule has 1 aliphatic rings. The molecule has 1 aromatic carbocycles. The van der Waals surface area contributed by atoms with E-state index in [0.717, 1.165) is 19.6 Å². The van der Waals surface area contributed by atoms with Crippen LogP contribution in [0.25, 0.3) is 11.3 Å². The summed E-state index contributed by atoms with van der Waals surface area (Å²) < 4.78 is 32.4. The Kier molecular flexibility index (Phi) is 10.2. The predicted molar refractivity (Wildman–Crippen MR) is 143 cm³/mol. The van der Waals surface area contributed by atoms with Crippen molar-refractivity contribution in [3.05, 3.63) is 41.1 Å². The van der Waals surface area contributed by atoms with Gasteiger partial charge in [0, 0.05) is 57.1 Å². The largest absolute Gasteiger partial charge is 0.434 e. The highest BCUT2D eigenvalue weighted by molar-refractivity contribution is 6.31. The Morgan fingerprint density at radius 1 is 1.26 bits per heavy atom. The molecule has 13 heteroatoms. The molecule has 2 aromatic rings. The Balaban J connectivity index is 1.98. The molecule has 2 N–H and O–H groups in total. The van der Waals surface area contributed by atoms with Crippen molar-refractivity contribution in [1.82, 2.24) is 24.9 Å². The summed E-state index contributed by atoms with van der Waals surface area (Å²) in [5.41, 5.74) is 0.700. The van der Waals surface area contributed by atoms with E-state index in [0.29, 0.717) is 18.9 Å². The Hall–Kier alpha value is -3.51. The van der Waals surface area contributed by atoms with E-state index in [-0.39, 0.29) is 45.7 Å². The molecule has 0 unspecified atom stereocenters. The van der Waals surface area contributed by atoms with E-state index in [9.17, 15) is 18.4 Å². The van der Waals surface area contributed by atoms with Gasteiger partial charge in [0.1, 0.15) is 23.8 Å². The van der Waals surface area contributed by atoms with Gasteiger partial charge < -0.3 is 25.2 Å². The first-order valence-electron chi connectivity index (χ1n) is 12.2. The van der Waals surface area contributed by atoms with Gasteiger partial charge in [-0.2, -0.15) is 13.9 Å². The molecule has 1 fully saturated rings. The van der Waals surface area contributed by atoms with Crippen LogP contribution in [0.3, 0.4) is 0 Å². The molecule has 1 saturated heterocycles. The third-order valence-corrected chi connectivity index (χ3v) is 6.38. The van der Waals surface area contributed by atoms with Gasteiger partial charge in [0.05, 0.1) is 11.3 Å². The van der Waals surface area contributed by atoms with Crippen molar-refractivity contribution in [2.75, 3.05) is 52.1 Å². The van der Waals surface area contributed by atoms with Crippen LogP contribution in [0.4, 0.5) is 14.5 Å². The second kappa shape index (κ2) is 13.3. The Labute approximate surface area is 225 Å². The van der Waals surface area contributed by atoms with Crippen molar-refractivity contribution >= 4 is 34.9 Å². The van der Waals surface area contributed by atoms with Gasteiger partial charge in [-0.1, -0.05) is 24.6 Å². The number of nitrogens with one attached hydrogen (secondary N) is 2. The van der Waals surface area contributed by atoms with E-state index in [4.69, 9.17) is 11.6 Å². The number of nitrogens with zero attached hydrogens (tertiary/aromatic N) is 5. The van der Waals surface area contributed by atoms with Gasteiger partial charge in [-0.3, -0.25) is 19.3 Å². The van der Waals surface area contributed by atoms with Crippen LogP contribution in [-0.2, 0) is 16.1 Å². The lowest BCUT2D eigenvalue weighted by Crippen LogP contribution is -2.49. The first-order chi connectivity index (χ1) is 18.2. The molecule has 0 bridgehead atoms. The van der Waals surface area contributed by atoms with Gasteiger partial charge in [-0.15, -0.1) is 0 Å². The quantitative estimate of drug-likeness (QED) is 0.282. The normalized spacial score (nSPS) is 15.1. The lowest BCUT2D eigenvalue weighted by molar-refractivity contribution is -0.133. The molecule has 0 spiro atoms. The van der Waals surface area contributed by atoms with Crippen molar-refractivity contribution in [1.29, 1.82) is 0 Å². The molecule has 38 heavy (non-hydrogen) atoms. The van der Waals surface area contributed by atoms with Gasteiger partial charge in [-0.25, -0.2) is 0 Å². The number of hydrogen-bond donors (Lipinski definition) is 2. The lowest BCUT2D eigenvalue weighted by Gasteiger charge is -2.34. The maximum Gasteiger partial charge on any atom is 0.387 e. The topological polar surface area (TPSA) is 104 Å². The number of anilines is 1. The van der Waals surface area contributed by atoms with Crippen LogP contribution in [0.2, 0.25) is 5.02 Å². The standard InChI is InChI=1S/C25H32ClF2N7O3/c1-5-17(23(29-3)30-4)24(37)31-19-14-35(15-21(36)34-11-9-33(6-2)10-12-34)32-22(19)18-13-16(26)7-8-20(18)38-25(27)28/h5,7-8,13-14,25H,6,9-12,15H2,1-4H3,(H,29,30)(H,31,37)/b17-5+. The van der Waals surface area contributed by atoms with Crippen LogP contribution in [0, 0.1) is 0 Å². The van der Waals surface area contributed by atoms with Crippen molar-refractivity contribution < 1.29 is 23.1 Å². The third kappa shape index (κ3) is 7.07. The van der Waals surface area contributed by atoms with Crippen LogP contribution in [0.1, 0.15) is 13.8 Å². The van der Waals surface area contributed by atoms with Gasteiger partial charge in [0.15, 0.2) is 0 Å². The van der Waals surface area contributed by atoms with E-state index in [1.165, 1.54) is 36.1 Å². The molecule has 0 aliphatic carbocycles. The summed E-state index contributed by atoms with van der Waals surface area (Å²) in [6.45, 7) is 4.24. The van der Waals surface area contributed by atoms with E-state index in [2.05, 4.69) is 37.3 Å². The molecule has 0 saturated carbocycles. The molecule has 0 atom stereocenters. The van der Waals surface area contributed by atoms with Crippen LogP contribution in [-0.4, -0.2) is 90.7 Å². The average molecular weight is 552 g/mol. The highest BCUT2D eigenvalue weighted by atomic mass is 35.5. The molecule has 2 heterocycles. The number of likely N-dealkylation sites (N-methyl/N-ethyl adjacent to an activating group) is 2. The number of halogens is 3. The summed E-state index contributed by atoms with van der Waals surface area (Å²) in [6, 6.07) is 4.12. The van der Waals surface area contributed by atoms with Crippen molar-refractivity contribution in [3.63, 3.8) is 0 Å². The molecule has 10 nitrogen and oxygen atoms in total.